The first kappa shape index (κ1) is 25.4. The van der Waals surface area contributed by atoms with Gasteiger partial charge in [-0.1, -0.05) is 18.2 Å². The molecule has 8 nitrogen and oxygen atoms in total. The number of aryl methyl sites for hydroxylation is 2. The molecule has 1 unspecified atom stereocenters. The molecule has 1 N–H and O–H groups in total. The number of anilines is 1. The molecule has 2 aliphatic rings. The minimum absolute atomic E-state index is 0.122. The number of esters is 1. The van der Waals surface area contributed by atoms with E-state index in [1.54, 1.807) is 11.3 Å². The Kier molecular flexibility index (Phi) is 8.09. The second-order valence-electron chi connectivity index (χ2n) is 9.09. The van der Waals surface area contributed by atoms with Crippen LogP contribution in [-0.4, -0.2) is 52.2 Å². The number of rotatable bonds is 8. The molecule has 192 valence electrons. The number of carbonyl (C=O) groups is 2. The van der Waals surface area contributed by atoms with Gasteiger partial charge in [0.2, 0.25) is 5.91 Å². The molecule has 3 aromatic rings. The summed E-state index contributed by atoms with van der Waals surface area (Å²) in [5.41, 5.74) is 2.59. The number of nitrogens with zero attached hydrogens (tertiary/aromatic N) is 3. The molecule has 36 heavy (non-hydrogen) atoms. The summed E-state index contributed by atoms with van der Waals surface area (Å²) < 4.78 is 13.0. The molecule has 1 atom stereocenters. The van der Waals surface area contributed by atoms with Crippen LogP contribution >= 0.6 is 34.4 Å². The SMILES string of the molecule is COC(=O)c1c(NC(=O)CSc2nnc(-c3csc(C)c3)n2CC2CCCO2)sc2c1CCCCC2. The van der Waals surface area contributed by atoms with Crippen LogP contribution in [0.5, 0.6) is 0 Å². The first-order valence-corrected chi connectivity index (χ1v) is 15.0. The Labute approximate surface area is 222 Å². The molecule has 1 fully saturated rings. The number of hydrogen-bond acceptors (Lipinski definition) is 9. The average Bonchev–Trinajstić information content (AvgIpc) is 3.64. The van der Waals surface area contributed by atoms with Crippen molar-refractivity contribution in [3.05, 3.63) is 32.3 Å². The van der Waals surface area contributed by atoms with E-state index in [0.29, 0.717) is 22.3 Å². The number of nitrogens with one attached hydrogen (secondary N) is 1. The molecule has 0 aromatic carbocycles. The van der Waals surface area contributed by atoms with Crippen molar-refractivity contribution >= 4 is 51.3 Å². The fraction of sp³-hybridized carbons (Fsp3) is 0.520. The molecular weight excluding hydrogens is 517 g/mol. The molecule has 3 aromatic heterocycles. The van der Waals surface area contributed by atoms with Crippen molar-refractivity contribution in [3.8, 4) is 11.4 Å². The average molecular weight is 547 g/mol. The standard InChI is InChI=1S/C25H30N4O4S3/c1-15-11-16(13-34-15)22-27-28-25(29(22)12-17-7-6-10-33-17)35-14-20(30)26-23-21(24(31)32-2)18-8-4-3-5-9-19(18)36-23/h11,13,17H,3-10,12,14H2,1-2H3,(H,26,30). The van der Waals surface area contributed by atoms with Gasteiger partial charge in [0.1, 0.15) is 5.00 Å². The molecule has 4 heterocycles. The minimum Gasteiger partial charge on any atom is -0.465 e. The third kappa shape index (κ3) is 5.53. The molecule has 1 aliphatic carbocycles. The van der Waals surface area contributed by atoms with Crippen LogP contribution in [0.25, 0.3) is 11.4 Å². The predicted molar refractivity (Wildman–Crippen MR) is 143 cm³/mol. The highest BCUT2D eigenvalue weighted by atomic mass is 32.2. The quantitative estimate of drug-likeness (QED) is 0.231. The third-order valence-electron chi connectivity index (χ3n) is 6.51. The summed E-state index contributed by atoms with van der Waals surface area (Å²) in [5, 5.41) is 15.2. The normalized spacial score (nSPS) is 17.6. The maximum absolute atomic E-state index is 13.0. The van der Waals surface area contributed by atoms with Gasteiger partial charge in [-0.15, -0.1) is 32.9 Å². The van der Waals surface area contributed by atoms with Crippen molar-refractivity contribution < 1.29 is 19.1 Å². The van der Waals surface area contributed by atoms with Gasteiger partial charge in [-0.25, -0.2) is 4.79 Å². The second-order valence-corrected chi connectivity index (χ2v) is 12.3. The number of thioether (sulfide) groups is 1. The van der Waals surface area contributed by atoms with Crippen LogP contribution in [-0.2, 0) is 33.7 Å². The number of ether oxygens (including phenoxy) is 2. The van der Waals surface area contributed by atoms with Crippen LogP contribution in [0.3, 0.4) is 0 Å². The zero-order chi connectivity index (χ0) is 25.1. The van der Waals surface area contributed by atoms with Gasteiger partial charge in [0, 0.05) is 27.3 Å². The Morgan fingerprint density at radius 2 is 2.11 bits per heavy atom. The molecule has 1 saturated heterocycles. The molecule has 1 amide bonds. The van der Waals surface area contributed by atoms with Crippen molar-refractivity contribution in [1.29, 1.82) is 0 Å². The highest BCUT2D eigenvalue weighted by Gasteiger charge is 2.27. The summed E-state index contributed by atoms with van der Waals surface area (Å²) >= 11 is 4.54. The van der Waals surface area contributed by atoms with Crippen molar-refractivity contribution in [2.75, 3.05) is 24.8 Å². The first-order valence-electron chi connectivity index (χ1n) is 12.3. The Hall–Kier alpha value is -2.21. The number of methoxy groups -OCH3 is 1. The Morgan fingerprint density at radius 3 is 2.86 bits per heavy atom. The van der Waals surface area contributed by atoms with Gasteiger partial charge >= 0.3 is 5.97 Å². The van der Waals surface area contributed by atoms with Gasteiger partial charge in [0.05, 0.1) is 31.1 Å². The predicted octanol–water partition coefficient (Wildman–Crippen LogP) is 5.34. The number of carbonyl (C=O) groups excluding carboxylic acids is 2. The molecule has 11 heteroatoms. The van der Waals surface area contributed by atoms with Crippen molar-refractivity contribution in [1.82, 2.24) is 14.8 Å². The number of aromatic nitrogens is 3. The van der Waals surface area contributed by atoms with E-state index in [1.807, 2.05) is 0 Å². The van der Waals surface area contributed by atoms with Crippen LogP contribution in [0.1, 0.15) is 57.8 Å². The molecular formula is C25H30N4O4S3. The minimum atomic E-state index is -0.385. The molecule has 0 radical (unpaired) electrons. The van der Waals surface area contributed by atoms with E-state index in [2.05, 4.69) is 38.5 Å². The summed E-state index contributed by atoms with van der Waals surface area (Å²) in [5.74, 6) is 0.397. The Bertz CT molecular complexity index is 1240. The van der Waals surface area contributed by atoms with Gasteiger partial charge in [0.25, 0.3) is 0 Å². The summed E-state index contributed by atoms with van der Waals surface area (Å²) in [6, 6.07) is 2.11. The highest BCUT2D eigenvalue weighted by molar-refractivity contribution is 7.99. The van der Waals surface area contributed by atoms with Crippen LogP contribution in [0.15, 0.2) is 16.6 Å². The van der Waals surface area contributed by atoms with Crippen molar-refractivity contribution in [2.24, 2.45) is 0 Å². The maximum Gasteiger partial charge on any atom is 0.341 e. The second kappa shape index (κ2) is 11.5. The van der Waals surface area contributed by atoms with E-state index in [4.69, 9.17) is 9.47 Å². The Balaban J connectivity index is 1.32. The summed E-state index contributed by atoms with van der Waals surface area (Å²) in [4.78, 5) is 28.0. The summed E-state index contributed by atoms with van der Waals surface area (Å²) in [7, 11) is 1.39. The molecule has 1 aliphatic heterocycles. The van der Waals surface area contributed by atoms with Gasteiger partial charge < -0.3 is 14.8 Å². The maximum atomic E-state index is 13.0. The molecule has 0 saturated carbocycles. The molecule has 0 spiro atoms. The lowest BCUT2D eigenvalue weighted by Crippen LogP contribution is -2.18. The largest absolute Gasteiger partial charge is 0.465 e. The highest BCUT2D eigenvalue weighted by Crippen LogP contribution is 2.38. The molecule has 0 bridgehead atoms. The molecule has 5 rings (SSSR count). The van der Waals surface area contributed by atoms with Crippen LogP contribution < -0.4 is 5.32 Å². The number of hydrogen-bond donors (Lipinski definition) is 1. The number of amides is 1. The van der Waals surface area contributed by atoms with Crippen molar-refractivity contribution in [3.63, 3.8) is 0 Å². The smallest absolute Gasteiger partial charge is 0.341 e. The monoisotopic (exact) mass is 546 g/mol. The lowest BCUT2D eigenvalue weighted by Gasteiger charge is -2.14. The van der Waals surface area contributed by atoms with Gasteiger partial charge in [-0.2, -0.15) is 0 Å². The van der Waals surface area contributed by atoms with E-state index >= 15 is 0 Å². The lowest BCUT2D eigenvalue weighted by atomic mass is 10.1. The fourth-order valence-electron chi connectivity index (χ4n) is 4.77. The van der Waals surface area contributed by atoms with Crippen LogP contribution in [0.4, 0.5) is 5.00 Å². The summed E-state index contributed by atoms with van der Waals surface area (Å²) in [6.45, 7) is 3.50. The zero-order valence-corrected chi connectivity index (χ0v) is 23.0. The van der Waals surface area contributed by atoms with E-state index in [0.717, 1.165) is 68.5 Å². The van der Waals surface area contributed by atoms with E-state index < -0.39 is 0 Å². The topological polar surface area (TPSA) is 95.3 Å². The van der Waals surface area contributed by atoms with Gasteiger partial charge in [0.15, 0.2) is 11.0 Å². The lowest BCUT2D eigenvalue weighted by molar-refractivity contribution is -0.113. The van der Waals surface area contributed by atoms with Crippen molar-refractivity contribution in [2.45, 2.75) is 69.7 Å². The van der Waals surface area contributed by atoms with E-state index in [1.165, 1.54) is 40.0 Å². The summed E-state index contributed by atoms with van der Waals surface area (Å²) in [6.07, 6.45) is 7.26. The third-order valence-corrected chi connectivity index (χ3v) is 9.55. The van der Waals surface area contributed by atoms with Crippen LogP contribution in [0, 0.1) is 6.92 Å². The zero-order valence-electron chi connectivity index (χ0n) is 20.5. The van der Waals surface area contributed by atoms with E-state index in [-0.39, 0.29) is 23.7 Å². The number of fused-ring (bicyclic) bond motifs is 1. The number of thiophene rings is 2. The van der Waals surface area contributed by atoms with Gasteiger partial charge in [-0.3, -0.25) is 9.36 Å². The Morgan fingerprint density at radius 1 is 1.25 bits per heavy atom. The fourth-order valence-corrected chi connectivity index (χ4v) is 7.49. The van der Waals surface area contributed by atoms with Crippen LogP contribution in [0.2, 0.25) is 0 Å². The first-order chi connectivity index (χ1) is 17.5. The van der Waals surface area contributed by atoms with Gasteiger partial charge in [-0.05, 0) is 57.1 Å². The van der Waals surface area contributed by atoms with E-state index in [9.17, 15) is 9.59 Å².